The number of benzene rings is 4. The van der Waals surface area contributed by atoms with Gasteiger partial charge in [-0.1, -0.05) is 60.1 Å². The lowest BCUT2D eigenvalue weighted by atomic mass is 10.0. The van der Waals surface area contributed by atoms with Crippen molar-refractivity contribution in [2.45, 2.75) is 19.5 Å². The average Bonchev–Trinajstić information content (AvgIpc) is 3.24. The number of hydrogen-bond acceptors (Lipinski definition) is 5. The Morgan fingerprint density at radius 3 is 2.26 bits per heavy atom. The quantitative estimate of drug-likeness (QED) is 0.260. The minimum absolute atomic E-state index is 0.0758. The van der Waals surface area contributed by atoms with Crippen LogP contribution in [0.15, 0.2) is 97.1 Å². The lowest BCUT2D eigenvalue weighted by Gasteiger charge is -2.33. The van der Waals surface area contributed by atoms with Crippen molar-refractivity contribution in [3.8, 4) is 5.75 Å². The molecule has 0 aliphatic carbocycles. The van der Waals surface area contributed by atoms with E-state index < -0.39 is 36.1 Å². The second kappa shape index (κ2) is 12.3. The lowest BCUT2D eigenvalue weighted by Crippen LogP contribution is -2.46. The smallest absolute Gasteiger partial charge is 0.299 e. The lowest BCUT2D eigenvalue weighted by molar-refractivity contribution is -0.139. The Kier molecular flexibility index (Phi) is 8.36. The number of ether oxygens (including phenoxy) is 1. The van der Waals surface area contributed by atoms with Crippen LogP contribution >= 0.6 is 11.6 Å². The van der Waals surface area contributed by atoms with Crippen molar-refractivity contribution in [1.29, 1.82) is 0 Å². The Morgan fingerprint density at radius 2 is 1.57 bits per heavy atom. The zero-order valence-corrected chi connectivity index (χ0v) is 23.8. The van der Waals surface area contributed by atoms with Crippen LogP contribution in [-0.2, 0) is 20.9 Å². The molecule has 0 bridgehead atoms. The number of nitrogens with one attached hydrogen (secondary N) is 1. The maximum Gasteiger partial charge on any atom is 0.299 e. The molecule has 1 N–H and O–H groups in total. The molecule has 0 radical (unpaired) electrons. The van der Waals surface area contributed by atoms with Crippen LogP contribution in [0.2, 0.25) is 5.02 Å². The van der Waals surface area contributed by atoms with Crippen LogP contribution in [0.1, 0.15) is 33.1 Å². The first-order valence-electron chi connectivity index (χ1n) is 13.3. The normalized spacial score (nSPS) is 13.0. The standard InChI is InChI=1S/C33H28ClN3O5/c1-21-7-3-4-8-23(21)19-37(29(38)20-36-28-10-6-5-9-27(28)31(39)33(36)41)30(22-11-13-24(34)14-12-22)32(40)35-25-15-17-26(42-2)18-16-25/h3-18,30H,19-20H2,1-2H3,(H,35,40)/t30-/m0/s1. The third kappa shape index (κ3) is 5.89. The molecular formula is C33H28ClN3O5. The molecule has 3 amide bonds. The van der Waals surface area contributed by atoms with Gasteiger partial charge in [-0.25, -0.2) is 0 Å². The summed E-state index contributed by atoms with van der Waals surface area (Å²) in [5, 5.41) is 3.39. The first-order valence-corrected chi connectivity index (χ1v) is 13.6. The second-order valence-electron chi connectivity index (χ2n) is 9.86. The molecule has 0 saturated heterocycles. The van der Waals surface area contributed by atoms with Crippen molar-refractivity contribution in [3.63, 3.8) is 0 Å². The van der Waals surface area contributed by atoms with E-state index in [0.717, 1.165) is 11.1 Å². The summed E-state index contributed by atoms with van der Waals surface area (Å²) in [6.45, 7) is 1.57. The predicted octanol–water partition coefficient (Wildman–Crippen LogP) is 5.60. The van der Waals surface area contributed by atoms with Crippen molar-refractivity contribution in [2.75, 3.05) is 23.9 Å². The summed E-state index contributed by atoms with van der Waals surface area (Å²) in [7, 11) is 1.55. The van der Waals surface area contributed by atoms with Gasteiger partial charge < -0.3 is 15.0 Å². The van der Waals surface area contributed by atoms with Crippen LogP contribution in [-0.4, -0.2) is 42.1 Å². The van der Waals surface area contributed by atoms with Crippen molar-refractivity contribution >= 4 is 46.5 Å². The van der Waals surface area contributed by atoms with E-state index in [9.17, 15) is 19.2 Å². The Morgan fingerprint density at radius 1 is 0.905 bits per heavy atom. The molecule has 0 spiro atoms. The first kappa shape index (κ1) is 28.6. The van der Waals surface area contributed by atoms with Gasteiger partial charge in [0.1, 0.15) is 18.3 Å². The highest BCUT2D eigenvalue weighted by Crippen LogP contribution is 2.31. The molecule has 9 heteroatoms. The highest BCUT2D eigenvalue weighted by molar-refractivity contribution is 6.52. The topological polar surface area (TPSA) is 96.0 Å². The van der Waals surface area contributed by atoms with Gasteiger partial charge in [-0.3, -0.25) is 24.1 Å². The van der Waals surface area contributed by atoms with Gasteiger partial charge in [0.15, 0.2) is 0 Å². The van der Waals surface area contributed by atoms with E-state index >= 15 is 0 Å². The van der Waals surface area contributed by atoms with Crippen LogP contribution in [0.5, 0.6) is 5.75 Å². The molecule has 212 valence electrons. The number of aryl methyl sites for hydroxylation is 1. The molecule has 0 fully saturated rings. The van der Waals surface area contributed by atoms with Gasteiger partial charge in [-0.2, -0.15) is 0 Å². The van der Waals surface area contributed by atoms with E-state index in [0.29, 0.717) is 27.7 Å². The number of carbonyl (C=O) groups is 4. The highest BCUT2D eigenvalue weighted by atomic mass is 35.5. The number of carbonyl (C=O) groups excluding carboxylic acids is 4. The summed E-state index contributed by atoms with van der Waals surface area (Å²) < 4.78 is 5.22. The number of rotatable bonds is 9. The summed E-state index contributed by atoms with van der Waals surface area (Å²) in [6, 6.07) is 26.6. The maximum atomic E-state index is 14.2. The van der Waals surface area contributed by atoms with Gasteiger partial charge in [0.2, 0.25) is 5.91 Å². The van der Waals surface area contributed by atoms with Crippen LogP contribution in [0.25, 0.3) is 0 Å². The van der Waals surface area contributed by atoms with Crippen molar-refractivity contribution in [1.82, 2.24) is 4.90 Å². The molecule has 1 heterocycles. The van der Waals surface area contributed by atoms with Crippen molar-refractivity contribution in [3.05, 3.63) is 124 Å². The highest BCUT2D eigenvalue weighted by Gasteiger charge is 2.39. The van der Waals surface area contributed by atoms with Gasteiger partial charge in [-0.15, -0.1) is 0 Å². The van der Waals surface area contributed by atoms with Gasteiger partial charge in [0.25, 0.3) is 17.6 Å². The average molecular weight is 582 g/mol. The van der Waals surface area contributed by atoms with Crippen molar-refractivity contribution < 1.29 is 23.9 Å². The van der Waals surface area contributed by atoms with Gasteiger partial charge in [0.05, 0.1) is 18.4 Å². The van der Waals surface area contributed by atoms with E-state index in [2.05, 4.69) is 5.32 Å². The summed E-state index contributed by atoms with van der Waals surface area (Å²) in [6.07, 6.45) is 0. The van der Waals surface area contributed by atoms with Crippen LogP contribution in [0.4, 0.5) is 11.4 Å². The fourth-order valence-corrected chi connectivity index (χ4v) is 5.05. The van der Waals surface area contributed by atoms with E-state index in [1.54, 1.807) is 79.9 Å². The molecule has 1 aliphatic rings. The van der Waals surface area contributed by atoms with Gasteiger partial charge >= 0.3 is 0 Å². The Bertz CT molecular complexity index is 1650. The number of methoxy groups -OCH3 is 1. The van der Waals surface area contributed by atoms with Gasteiger partial charge in [0, 0.05) is 17.3 Å². The number of halogens is 1. The third-order valence-electron chi connectivity index (χ3n) is 7.20. The van der Waals surface area contributed by atoms with E-state index in [-0.39, 0.29) is 12.1 Å². The molecular weight excluding hydrogens is 554 g/mol. The van der Waals surface area contributed by atoms with Gasteiger partial charge in [-0.05, 0) is 72.1 Å². The largest absolute Gasteiger partial charge is 0.497 e. The Labute approximate surface area is 248 Å². The minimum atomic E-state index is -1.10. The summed E-state index contributed by atoms with van der Waals surface area (Å²) in [5.41, 5.74) is 3.40. The summed E-state index contributed by atoms with van der Waals surface area (Å²) >= 11 is 6.17. The number of nitrogens with zero attached hydrogens (tertiary/aromatic N) is 2. The fourth-order valence-electron chi connectivity index (χ4n) is 4.93. The van der Waals surface area contributed by atoms with Crippen LogP contribution in [0, 0.1) is 6.92 Å². The summed E-state index contributed by atoms with van der Waals surface area (Å²) in [4.78, 5) is 56.4. The molecule has 8 nitrogen and oxygen atoms in total. The Hall–Kier alpha value is -4.95. The number of fused-ring (bicyclic) bond motifs is 1. The van der Waals surface area contributed by atoms with E-state index in [1.165, 1.54) is 9.80 Å². The van der Waals surface area contributed by atoms with E-state index in [1.807, 2.05) is 31.2 Å². The SMILES string of the molecule is COc1ccc(NC(=O)[C@H](c2ccc(Cl)cc2)N(Cc2ccccc2C)C(=O)CN2C(=O)C(=O)c3ccccc32)cc1. The molecule has 0 unspecified atom stereocenters. The molecule has 4 aromatic carbocycles. The predicted molar refractivity (Wildman–Crippen MR) is 161 cm³/mol. The summed E-state index contributed by atoms with van der Waals surface area (Å²) in [5.74, 6) is -1.81. The Balaban J connectivity index is 1.55. The number of hydrogen-bond donors (Lipinski definition) is 1. The molecule has 1 aliphatic heterocycles. The fraction of sp³-hybridized carbons (Fsp3) is 0.152. The minimum Gasteiger partial charge on any atom is -0.497 e. The second-order valence-corrected chi connectivity index (χ2v) is 10.3. The molecule has 5 rings (SSSR count). The van der Waals surface area contributed by atoms with Crippen molar-refractivity contribution in [2.24, 2.45) is 0 Å². The van der Waals surface area contributed by atoms with E-state index in [4.69, 9.17) is 16.3 Å². The first-order chi connectivity index (χ1) is 20.3. The zero-order chi connectivity index (χ0) is 29.8. The number of para-hydroxylation sites is 1. The monoisotopic (exact) mass is 581 g/mol. The number of Topliss-reactive ketones (excluding diaryl/α,β-unsaturated/α-hetero) is 1. The molecule has 42 heavy (non-hydrogen) atoms. The molecule has 4 aromatic rings. The van der Waals surface area contributed by atoms with Crippen LogP contribution in [0.3, 0.4) is 0 Å². The van der Waals surface area contributed by atoms with Crippen LogP contribution < -0.4 is 15.0 Å². The zero-order valence-electron chi connectivity index (χ0n) is 23.0. The third-order valence-corrected chi connectivity index (χ3v) is 7.45. The number of amides is 3. The number of anilines is 2. The molecule has 0 aromatic heterocycles. The molecule has 0 saturated carbocycles. The molecule has 1 atom stereocenters. The maximum absolute atomic E-state index is 14.2. The number of ketones is 1.